The number of nitrogens with zero attached hydrogens (tertiary/aromatic N) is 3. The summed E-state index contributed by atoms with van der Waals surface area (Å²) >= 11 is 1.30. The molecule has 10 heteroatoms. The summed E-state index contributed by atoms with van der Waals surface area (Å²) in [5.41, 5.74) is 0.726. The van der Waals surface area contributed by atoms with Crippen LogP contribution in [0.2, 0.25) is 0 Å². The Labute approximate surface area is 162 Å². The highest BCUT2D eigenvalue weighted by molar-refractivity contribution is 7.86. The zero-order valence-corrected chi connectivity index (χ0v) is 16.7. The fraction of sp³-hybridized carbons (Fsp3) is 0.529. The van der Waals surface area contributed by atoms with Crippen LogP contribution in [0, 0.1) is 0 Å². The van der Waals surface area contributed by atoms with E-state index in [9.17, 15) is 13.2 Å². The Balaban J connectivity index is 1.70. The van der Waals surface area contributed by atoms with Gasteiger partial charge >= 0.3 is 0 Å². The van der Waals surface area contributed by atoms with Crippen molar-refractivity contribution in [2.45, 2.75) is 18.9 Å². The van der Waals surface area contributed by atoms with Crippen LogP contribution < -0.4 is 5.32 Å². The van der Waals surface area contributed by atoms with Crippen LogP contribution in [0.3, 0.4) is 0 Å². The quantitative estimate of drug-likeness (QED) is 0.822. The van der Waals surface area contributed by atoms with E-state index in [1.807, 2.05) is 12.1 Å². The van der Waals surface area contributed by atoms with Gasteiger partial charge in [-0.25, -0.2) is 4.98 Å². The van der Waals surface area contributed by atoms with Gasteiger partial charge in [0.25, 0.3) is 16.1 Å². The number of rotatable bonds is 4. The number of aromatic nitrogens is 1. The van der Waals surface area contributed by atoms with E-state index in [1.165, 1.54) is 15.6 Å². The van der Waals surface area contributed by atoms with E-state index in [0.717, 1.165) is 28.6 Å². The van der Waals surface area contributed by atoms with E-state index >= 15 is 0 Å². The number of amides is 1. The van der Waals surface area contributed by atoms with Crippen molar-refractivity contribution in [3.63, 3.8) is 0 Å². The van der Waals surface area contributed by atoms with Crippen molar-refractivity contribution in [1.29, 1.82) is 0 Å². The zero-order valence-electron chi connectivity index (χ0n) is 15.1. The number of hydrogen-bond donors (Lipinski definition) is 1. The first kappa shape index (κ1) is 18.8. The molecule has 1 amide bonds. The minimum Gasteiger partial charge on any atom is -0.371 e. The number of thiophene rings is 1. The average molecular weight is 411 g/mol. The summed E-state index contributed by atoms with van der Waals surface area (Å²) in [5.74, 6) is -0.212. The highest BCUT2D eigenvalue weighted by Gasteiger charge is 2.37. The molecule has 2 aliphatic rings. The number of carbonyl (C=O) groups is 1. The number of carbonyl (C=O) groups excluding carboxylic acids is 1. The molecule has 8 nitrogen and oxygen atoms in total. The predicted molar refractivity (Wildman–Crippen MR) is 103 cm³/mol. The van der Waals surface area contributed by atoms with Crippen molar-refractivity contribution < 1.29 is 17.9 Å². The van der Waals surface area contributed by atoms with Gasteiger partial charge in [0.2, 0.25) is 0 Å². The summed E-state index contributed by atoms with van der Waals surface area (Å²) in [6.07, 6.45) is 2.98. The summed E-state index contributed by atoms with van der Waals surface area (Å²) in [6, 6.07) is 3.71. The van der Waals surface area contributed by atoms with E-state index in [1.54, 1.807) is 17.5 Å². The first-order chi connectivity index (χ1) is 13.0. The summed E-state index contributed by atoms with van der Waals surface area (Å²) in [5, 5.41) is 3.50. The minimum atomic E-state index is -3.50. The predicted octanol–water partition coefficient (Wildman–Crippen LogP) is 1.37. The number of pyridine rings is 1. The molecule has 0 unspecified atom stereocenters. The second kappa shape index (κ2) is 7.44. The molecule has 2 aliphatic heterocycles. The van der Waals surface area contributed by atoms with Crippen molar-refractivity contribution in [3.05, 3.63) is 28.8 Å². The van der Waals surface area contributed by atoms with Crippen molar-refractivity contribution >= 4 is 37.7 Å². The molecule has 2 aromatic heterocycles. The normalized spacial score (nSPS) is 22.3. The fourth-order valence-electron chi connectivity index (χ4n) is 3.64. The lowest BCUT2D eigenvalue weighted by Gasteiger charge is -2.34. The van der Waals surface area contributed by atoms with E-state index in [2.05, 4.69) is 10.3 Å². The van der Waals surface area contributed by atoms with Crippen molar-refractivity contribution in [2.75, 3.05) is 39.8 Å². The first-order valence-electron chi connectivity index (χ1n) is 8.98. The van der Waals surface area contributed by atoms with Gasteiger partial charge in [0.15, 0.2) is 0 Å². The lowest BCUT2D eigenvalue weighted by atomic mass is 10.0. The second-order valence-electron chi connectivity index (χ2n) is 6.61. The molecular weight excluding hydrogens is 388 g/mol. The second-order valence-corrected chi connectivity index (χ2v) is 9.54. The molecule has 0 aromatic carbocycles. The highest BCUT2D eigenvalue weighted by atomic mass is 32.2. The maximum atomic E-state index is 12.9. The SMILES string of the molecule is CNC(=O)c1sc2ncccc2c1[C@H]1CN(S(=O)(=O)N2CCCC2)CCO1. The Morgan fingerprint density at radius 3 is 2.81 bits per heavy atom. The van der Waals surface area contributed by atoms with Crippen LogP contribution in [-0.4, -0.2) is 67.8 Å². The molecule has 0 aliphatic carbocycles. The van der Waals surface area contributed by atoms with Gasteiger partial charge in [-0.2, -0.15) is 17.0 Å². The molecule has 2 saturated heterocycles. The standard InChI is InChI=1S/C17H22N4O4S2/c1-18-16(22)15-14(12-5-4-6-19-17(12)26-15)13-11-21(9-10-25-13)27(23,24)20-7-2-3-8-20/h4-6,13H,2-3,7-11H2,1H3,(H,18,22)/t13-/m1/s1. The van der Waals surface area contributed by atoms with Crippen LogP contribution in [0.15, 0.2) is 18.3 Å². The number of ether oxygens (including phenoxy) is 1. The van der Waals surface area contributed by atoms with E-state index < -0.39 is 16.3 Å². The Morgan fingerprint density at radius 1 is 1.30 bits per heavy atom. The van der Waals surface area contributed by atoms with Crippen LogP contribution >= 0.6 is 11.3 Å². The largest absolute Gasteiger partial charge is 0.371 e. The molecule has 0 radical (unpaired) electrons. The molecule has 27 heavy (non-hydrogen) atoms. The van der Waals surface area contributed by atoms with Gasteiger partial charge in [0.1, 0.15) is 9.71 Å². The summed E-state index contributed by atoms with van der Waals surface area (Å²) in [7, 11) is -1.92. The topological polar surface area (TPSA) is 91.8 Å². The third-order valence-corrected chi connectivity index (χ3v) is 8.14. The van der Waals surface area contributed by atoms with Crippen LogP contribution in [-0.2, 0) is 14.9 Å². The van der Waals surface area contributed by atoms with Crippen molar-refractivity contribution in [1.82, 2.24) is 18.9 Å². The number of fused-ring (bicyclic) bond motifs is 1. The van der Waals surface area contributed by atoms with Gasteiger partial charge in [-0.15, -0.1) is 11.3 Å². The molecule has 4 rings (SSSR count). The van der Waals surface area contributed by atoms with E-state index in [0.29, 0.717) is 31.1 Å². The van der Waals surface area contributed by atoms with Gasteiger partial charge in [0.05, 0.1) is 12.7 Å². The maximum absolute atomic E-state index is 12.9. The van der Waals surface area contributed by atoms with Crippen molar-refractivity contribution in [2.24, 2.45) is 0 Å². The van der Waals surface area contributed by atoms with Gasteiger partial charge in [-0.1, -0.05) is 6.07 Å². The van der Waals surface area contributed by atoms with Crippen LogP contribution in [0.25, 0.3) is 10.2 Å². The molecule has 0 spiro atoms. The van der Waals surface area contributed by atoms with Crippen LogP contribution in [0.1, 0.15) is 34.2 Å². The third-order valence-electron chi connectivity index (χ3n) is 5.01. The van der Waals surface area contributed by atoms with Crippen molar-refractivity contribution in [3.8, 4) is 0 Å². The average Bonchev–Trinajstić information content (AvgIpc) is 3.35. The number of nitrogens with one attached hydrogen (secondary N) is 1. The summed E-state index contributed by atoms with van der Waals surface area (Å²) in [4.78, 5) is 18.0. The smallest absolute Gasteiger partial charge is 0.282 e. The Bertz CT molecular complexity index is 953. The van der Waals surface area contributed by atoms with Gasteiger partial charge in [-0.3, -0.25) is 4.79 Å². The van der Waals surface area contributed by atoms with Gasteiger partial charge in [0, 0.05) is 50.4 Å². The molecule has 1 N–H and O–H groups in total. The Kier molecular flexibility index (Phi) is 5.17. The first-order valence-corrected chi connectivity index (χ1v) is 11.2. The van der Waals surface area contributed by atoms with E-state index in [-0.39, 0.29) is 12.5 Å². The lowest BCUT2D eigenvalue weighted by molar-refractivity contribution is -0.00347. The summed E-state index contributed by atoms with van der Waals surface area (Å²) in [6.45, 7) is 1.95. The molecule has 146 valence electrons. The molecule has 2 fully saturated rings. The van der Waals surface area contributed by atoms with Gasteiger partial charge < -0.3 is 10.1 Å². The minimum absolute atomic E-state index is 0.198. The molecule has 2 aromatic rings. The van der Waals surface area contributed by atoms with Crippen LogP contribution in [0.5, 0.6) is 0 Å². The Hall–Kier alpha value is -1.59. The zero-order chi connectivity index (χ0) is 19.0. The fourth-order valence-corrected chi connectivity index (χ4v) is 6.46. The van der Waals surface area contributed by atoms with Gasteiger partial charge in [-0.05, 0) is 18.9 Å². The monoisotopic (exact) mass is 410 g/mol. The number of hydrogen-bond acceptors (Lipinski definition) is 6. The third kappa shape index (κ3) is 3.36. The molecular formula is C17H22N4O4S2. The lowest BCUT2D eigenvalue weighted by Crippen LogP contribution is -2.48. The molecule has 0 bridgehead atoms. The molecule has 0 saturated carbocycles. The molecule has 1 atom stereocenters. The van der Waals surface area contributed by atoms with Crippen LogP contribution in [0.4, 0.5) is 0 Å². The highest BCUT2D eigenvalue weighted by Crippen LogP contribution is 2.38. The summed E-state index contributed by atoms with van der Waals surface area (Å²) < 4.78 is 34.9. The molecule has 4 heterocycles. The maximum Gasteiger partial charge on any atom is 0.282 e. The number of morpholine rings is 1. The van der Waals surface area contributed by atoms with E-state index in [4.69, 9.17) is 4.74 Å². The Morgan fingerprint density at radius 2 is 2.07 bits per heavy atom.